The third-order valence-corrected chi connectivity index (χ3v) is 6.36. The zero-order valence-corrected chi connectivity index (χ0v) is 18.7. The number of aliphatic hydroxyl groups excluding tert-OH is 1. The molecule has 2 aromatic heterocycles. The molecule has 4 rings (SSSR count). The number of aromatic amines is 1. The molecular weight excluding hydrogens is 457 g/mol. The van der Waals surface area contributed by atoms with Crippen molar-refractivity contribution >= 4 is 23.3 Å². The summed E-state index contributed by atoms with van der Waals surface area (Å²) >= 11 is 0. The lowest BCUT2D eigenvalue weighted by molar-refractivity contribution is -0.889. The minimum atomic E-state index is -5.19. The highest BCUT2D eigenvalue weighted by molar-refractivity contribution is 5.98. The zero-order chi connectivity index (χ0) is 24.8. The SMILES string of the molecule is O=C(NCC1(CO)CCCCC1)c1[nH]c([NH+]2CCOCC2)[n+]2ccccc12.O=C([O-])C(F)(F)F. The number of hydrogen-bond donors (Lipinski definition) is 4. The van der Waals surface area contributed by atoms with E-state index >= 15 is 0 Å². The molecule has 3 heterocycles. The van der Waals surface area contributed by atoms with Crippen molar-refractivity contribution < 1.29 is 47.0 Å². The van der Waals surface area contributed by atoms with Gasteiger partial charge < -0.3 is 25.1 Å². The van der Waals surface area contributed by atoms with Gasteiger partial charge >= 0.3 is 12.1 Å². The van der Waals surface area contributed by atoms with Gasteiger partial charge in [0.15, 0.2) is 5.52 Å². The third kappa shape index (κ3) is 6.24. The average molecular weight is 487 g/mol. The summed E-state index contributed by atoms with van der Waals surface area (Å²) in [4.78, 5) is 26.4. The summed E-state index contributed by atoms with van der Waals surface area (Å²) in [6.07, 6.45) is 2.24. The molecule has 0 atom stereocenters. The molecule has 1 saturated heterocycles. The van der Waals surface area contributed by atoms with Crippen molar-refractivity contribution in [1.29, 1.82) is 0 Å². The van der Waals surface area contributed by atoms with Crippen molar-refractivity contribution in [3.63, 3.8) is 0 Å². The summed E-state index contributed by atoms with van der Waals surface area (Å²) in [6, 6.07) is 5.90. The average Bonchev–Trinajstić information content (AvgIpc) is 3.23. The van der Waals surface area contributed by atoms with Crippen LogP contribution in [-0.2, 0) is 9.53 Å². The molecular formula is C22H30F3N4O5+. The van der Waals surface area contributed by atoms with Crippen LogP contribution in [-0.4, -0.2) is 67.6 Å². The number of nitrogens with zero attached hydrogens (tertiary/aromatic N) is 1. The Morgan fingerprint density at radius 3 is 2.44 bits per heavy atom. The molecule has 0 aromatic carbocycles. The standard InChI is InChI=1S/C20H28N4O3.C2HF3O2/c25-15-20(7-3-1-4-8-20)14-21-18(26)17-16-6-2-5-9-24(16)19(22-17)23-10-12-27-13-11-23;3-2(4,5)1(6)7/h2,5-6,9,25H,1,3-4,7-8,10-15H2,(H,21,26);(H,6,7)/p+1. The number of fused-ring (bicyclic) bond motifs is 1. The van der Waals surface area contributed by atoms with Gasteiger partial charge in [-0.25, -0.2) is 4.90 Å². The van der Waals surface area contributed by atoms with E-state index in [1.54, 1.807) is 0 Å². The highest BCUT2D eigenvalue weighted by Gasteiger charge is 2.35. The van der Waals surface area contributed by atoms with Crippen LogP contribution in [0, 0.1) is 5.41 Å². The fraction of sp³-hybridized carbons (Fsp3) is 0.591. The van der Waals surface area contributed by atoms with Crippen molar-refractivity contribution in [3.05, 3.63) is 30.1 Å². The van der Waals surface area contributed by atoms with Gasteiger partial charge in [-0.1, -0.05) is 25.3 Å². The number of pyridine rings is 1. The summed E-state index contributed by atoms with van der Waals surface area (Å²) < 4.78 is 39.1. The van der Waals surface area contributed by atoms with E-state index in [4.69, 9.17) is 14.6 Å². The lowest BCUT2D eigenvalue weighted by Crippen LogP contribution is -3.11. The van der Waals surface area contributed by atoms with Crippen LogP contribution in [0.3, 0.4) is 0 Å². The van der Waals surface area contributed by atoms with E-state index in [9.17, 15) is 23.1 Å². The molecule has 2 aliphatic rings. The molecule has 1 saturated carbocycles. The Balaban J connectivity index is 0.000000406. The number of carboxylic acids is 1. The first-order chi connectivity index (χ1) is 16.2. The number of aliphatic carboxylic acids is 1. The fourth-order valence-corrected chi connectivity index (χ4v) is 4.42. The number of morpholine rings is 1. The number of H-pyrrole nitrogens is 1. The van der Waals surface area contributed by atoms with Crippen molar-refractivity contribution in [3.8, 4) is 0 Å². The van der Waals surface area contributed by atoms with E-state index in [0.717, 1.165) is 63.5 Å². The zero-order valence-electron chi connectivity index (χ0n) is 18.7. The topological polar surface area (TPSA) is 123 Å². The molecule has 4 N–H and O–H groups in total. The van der Waals surface area contributed by atoms with Gasteiger partial charge in [-0.3, -0.25) is 4.79 Å². The van der Waals surface area contributed by atoms with Crippen LogP contribution in [0.5, 0.6) is 0 Å². The molecule has 9 nitrogen and oxygen atoms in total. The number of imidazole rings is 1. The first kappa shape index (κ1) is 25.9. The number of halogens is 3. The number of amides is 1. The first-order valence-electron chi connectivity index (χ1n) is 11.3. The maximum absolute atomic E-state index is 13.0. The van der Waals surface area contributed by atoms with Gasteiger partial charge in [0.1, 0.15) is 25.3 Å². The molecule has 1 amide bonds. The van der Waals surface area contributed by atoms with Gasteiger partial charge in [-0.05, 0) is 25.0 Å². The Kier molecular flexibility index (Phi) is 8.50. The molecule has 0 bridgehead atoms. The van der Waals surface area contributed by atoms with E-state index < -0.39 is 12.1 Å². The molecule has 34 heavy (non-hydrogen) atoms. The normalized spacial score (nSPS) is 18.7. The first-order valence-corrected chi connectivity index (χ1v) is 11.3. The Bertz CT molecular complexity index is 983. The number of carbonyl (C=O) groups excluding carboxylic acids is 2. The highest BCUT2D eigenvalue weighted by Crippen LogP contribution is 2.35. The predicted octanol–water partition coefficient (Wildman–Crippen LogP) is -0.729. The quantitative estimate of drug-likeness (QED) is 0.415. The van der Waals surface area contributed by atoms with Gasteiger partial charge in [0.2, 0.25) is 5.69 Å². The van der Waals surface area contributed by atoms with Crippen molar-refractivity contribution in [2.45, 2.75) is 38.3 Å². The number of alkyl halides is 3. The second kappa shape index (κ2) is 11.2. The summed E-state index contributed by atoms with van der Waals surface area (Å²) in [7, 11) is 0. The number of hydrogen-bond acceptors (Lipinski definition) is 5. The highest BCUT2D eigenvalue weighted by atomic mass is 19.4. The van der Waals surface area contributed by atoms with Gasteiger partial charge in [-0.2, -0.15) is 18.2 Å². The van der Waals surface area contributed by atoms with E-state index in [0.29, 0.717) is 12.2 Å². The molecule has 2 fully saturated rings. The number of aromatic nitrogens is 2. The van der Waals surface area contributed by atoms with Crippen LogP contribution in [0.4, 0.5) is 19.1 Å². The maximum Gasteiger partial charge on any atom is 0.457 e. The van der Waals surface area contributed by atoms with Gasteiger partial charge in [-0.15, -0.1) is 4.40 Å². The fourth-order valence-electron chi connectivity index (χ4n) is 4.42. The summed E-state index contributed by atoms with van der Waals surface area (Å²) in [5.41, 5.74) is 1.31. The van der Waals surface area contributed by atoms with Crippen LogP contribution in [0.1, 0.15) is 42.6 Å². The Hall–Kier alpha value is -2.70. The molecule has 0 spiro atoms. The van der Waals surface area contributed by atoms with Crippen LogP contribution in [0.15, 0.2) is 24.4 Å². The molecule has 0 radical (unpaired) electrons. The second-order valence-electron chi connectivity index (χ2n) is 8.71. The molecule has 1 aliphatic heterocycles. The third-order valence-electron chi connectivity index (χ3n) is 6.36. The van der Waals surface area contributed by atoms with Gasteiger partial charge in [0, 0.05) is 12.0 Å². The molecule has 0 unspecified atom stereocenters. The van der Waals surface area contributed by atoms with E-state index in [2.05, 4.69) is 14.7 Å². The monoisotopic (exact) mass is 487 g/mol. The lowest BCUT2D eigenvalue weighted by Gasteiger charge is -2.35. The number of rotatable bonds is 5. The minimum absolute atomic E-state index is 0.101. The Morgan fingerprint density at radius 2 is 1.85 bits per heavy atom. The largest absolute Gasteiger partial charge is 0.542 e. The second-order valence-corrected chi connectivity index (χ2v) is 8.71. The molecule has 12 heteroatoms. The van der Waals surface area contributed by atoms with Crippen LogP contribution >= 0.6 is 0 Å². The Labute approximate surface area is 194 Å². The maximum atomic E-state index is 13.0. The number of nitrogens with one attached hydrogen (secondary N) is 3. The number of carbonyl (C=O) groups is 2. The summed E-state index contributed by atoms with van der Waals surface area (Å²) in [5.74, 6) is -2.11. The lowest BCUT2D eigenvalue weighted by atomic mass is 9.74. The van der Waals surface area contributed by atoms with Crippen LogP contribution in [0.25, 0.3) is 5.52 Å². The van der Waals surface area contributed by atoms with Crippen molar-refractivity contribution in [2.24, 2.45) is 5.41 Å². The number of aliphatic hydroxyl groups is 1. The van der Waals surface area contributed by atoms with E-state index in [-0.39, 0.29) is 17.9 Å². The molecule has 1 aliphatic carbocycles. The number of carboxylic acid groups (broad SMARTS) is 1. The van der Waals surface area contributed by atoms with E-state index in [1.165, 1.54) is 11.3 Å². The number of ether oxygens (including phenoxy) is 1. The molecule has 2 aromatic rings. The summed E-state index contributed by atoms with van der Waals surface area (Å²) in [6.45, 7) is 3.88. The van der Waals surface area contributed by atoms with Gasteiger partial charge in [0.05, 0.1) is 19.8 Å². The predicted molar refractivity (Wildman–Crippen MR) is 111 cm³/mol. The molecule has 188 valence electrons. The van der Waals surface area contributed by atoms with Crippen molar-refractivity contribution in [2.75, 3.05) is 39.5 Å². The Morgan fingerprint density at radius 1 is 1.21 bits per heavy atom. The minimum Gasteiger partial charge on any atom is -0.542 e. The van der Waals surface area contributed by atoms with Crippen LogP contribution < -0.4 is 19.7 Å². The van der Waals surface area contributed by atoms with Crippen LogP contribution in [0.2, 0.25) is 0 Å². The summed E-state index contributed by atoms with van der Waals surface area (Å²) in [5, 5.41) is 21.8. The van der Waals surface area contributed by atoms with E-state index in [1.807, 2.05) is 24.4 Å². The van der Waals surface area contributed by atoms with Gasteiger partial charge in [0.25, 0.3) is 5.91 Å². The smallest absolute Gasteiger partial charge is 0.457 e. The van der Waals surface area contributed by atoms with Crippen molar-refractivity contribution in [1.82, 2.24) is 10.3 Å². The number of quaternary nitrogens is 1.